The highest BCUT2D eigenvalue weighted by Gasteiger charge is 2.20. The number of carbonyl (C=O) groups excluding carboxylic acids is 3. The van der Waals surface area contributed by atoms with E-state index in [-0.39, 0.29) is 31.1 Å². The molecule has 0 saturated heterocycles. The molecule has 0 aromatic heterocycles. The molecule has 0 N–H and O–H groups in total. The van der Waals surface area contributed by atoms with Gasteiger partial charge < -0.3 is 14.2 Å². The van der Waals surface area contributed by atoms with Crippen molar-refractivity contribution in [2.45, 2.75) is 444 Å². The summed E-state index contributed by atoms with van der Waals surface area (Å²) in [5.41, 5.74) is 0. The highest BCUT2D eigenvalue weighted by molar-refractivity contribution is 5.71. The number of ether oxygens (including phenoxy) is 3. The molecule has 0 saturated carbocycles. The quantitative estimate of drug-likeness (QED) is 0.0261. The van der Waals surface area contributed by atoms with Gasteiger partial charge in [0.2, 0.25) is 0 Å². The van der Waals surface area contributed by atoms with E-state index in [1.807, 2.05) is 0 Å². The molecular weight excluding hydrogens is 1010 g/mol. The highest BCUT2D eigenvalue weighted by Crippen LogP contribution is 2.20. The van der Waals surface area contributed by atoms with Crippen LogP contribution in [-0.2, 0) is 28.6 Å². The summed E-state index contributed by atoms with van der Waals surface area (Å²) < 4.78 is 17.1. The van der Waals surface area contributed by atoms with E-state index in [9.17, 15) is 14.4 Å². The normalized spacial score (nSPS) is 12.0. The van der Waals surface area contributed by atoms with Crippen LogP contribution in [-0.4, -0.2) is 37.2 Å². The first-order valence-corrected chi connectivity index (χ1v) is 37.7. The molecule has 0 spiro atoms. The van der Waals surface area contributed by atoms with E-state index in [1.54, 1.807) is 0 Å². The van der Waals surface area contributed by atoms with Crippen molar-refractivity contribution in [3.63, 3.8) is 0 Å². The van der Waals surface area contributed by atoms with Crippen LogP contribution in [0.2, 0.25) is 0 Å². The molecule has 0 aliphatic carbocycles. The molecular formula is C76H146O6. The van der Waals surface area contributed by atoms with E-state index >= 15 is 0 Å². The monoisotopic (exact) mass is 1160 g/mol. The Labute approximate surface area is 513 Å². The fourth-order valence-corrected chi connectivity index (χ4v) is 11.9. The second-order valence-electron chi connectivity index (χ2n) is 25.9. The van der Waals surface area contributed by atoms with Crippen LogP contribution >= 0.6 is 0 Å². The van der Waals surface area contributed by atoms with Crippen molar-refractivity contribution in [2.24, 2.45) is 0 Å². The van der Waals surface area contributed by atoms with Crippen molar-refractivity contribution in [2.75, 3.05) is 13.2 Å². The molecule has 0 aromatic carbocycles. The van der Waals surface area contributed by atoms with Gasteiger partial charge in [-0.25, -0.2) is 0 Å². The zero-order valence-corrected chi connectivity index (χ0v) is 56.1. The first kappa shape index (κ1) is 80.2. The molecule has 0 aromatic rings. The molecule has 0 radical (unpaired) electrons. The lowest BCUT2D eigenvalue weighted by Gasteiger charge is -2.18. The molecule has 6 heteroatoms. The Bertz CT molecular complexity index is 1280. The minimum atomic E-state index is -0.769. The lowest BCUT2D eigenvalue weighted by atomic mass is 10.0. The first-order chi connectivity index (χ1) is 40.5. The highest BCUT2D eigenvalue weighted by atomic mass is 16.6. The van der Waals surface area contributed by atoms with Crippen LogP contribution in [0.4, 0.5) is 0 Å². The van der Waals surface area contributed by atoms with Crippen LogP contribution in [0.15, 0.2) is 12.2 Å². The first-order valence-electron chi connectivity index (χ1n) is 37.7. The second-order valence-corrected chi connectivity index (χ2v) is 25.9. The lowest BCUT2D eigenvalue weighted by molar-refractivity contribution is -0.167. The summed E-state index contributed by atoms with van der Waals surface area (Å²) in [6, 6.07) is 0. The number of rotatable bonds is 71. The maximum atomic E-state index is 13.0. The molecule has 0 amide bonds. The Balaban J connectivity index is 4.25. The molecule has 486 valence electrons. The number of esters is 3. The fourth-order valence-electron chi connectivity index (χ4n) is 11.9. The smallest absolute Gasteiger partial charge is 0.306 e. The summed E-state index contributed by atoms with van der Waals surface area (Å²) in [5.74, 6) is -0.828. The minimum Gasteiger partial charge on any atom is -0.462 e. The zero-order valence-electron chi connectivity index (χ0n) is 56.1. The number of allylic oxidation sites excluding steroid dienone is 2. The Morgan fingerprint density at radius 2 is 0.402 bits per heavy atom. The Morgan fingerprint density at radius 3 is 0.610 bits per heavy atom. The average molecular weight is 1160 g/mol. The van der Waals surface area contributed by atoms with Crippen LogP contribution in [0.5, 0.6) is 0 Å². The van der Waals surface area contributed by atoms with Crippen molar-refractivity contribution >= 4 is 17.9 Å². The predicted octanol–water partition coefficient (Wildman–Crippen LogP) is 26.0. The molecule has 0 bridgehead atoms. The number of hydrogen-bond donors (Lipinski definition) is 0. The summed E-state index contributed by atoms with van der Waals surface area (Å²) in [6.45, 7) is 6.74. The maximum Gasteiger partial charge on any atom is 0.306 e. The molecule has 0 heterocycles. The minimum absolute atomic E-state index is 0.0639. The van der Waals surface area contributed by atoms with E-state index in [0.717, 1.165) is 57.8 Å². The van der Waals surface area contributed by atoms with Crippen LogP contribution in [0.25, 0.3) is 0 Å². The number of hydrogen-bond acceptors (Lipinski definition) is 6. The van der Waals surface area contributed by atoms with E-state index in [1.165, 1.54) is 340 Å². The van der Waals surface area contributed by atoms with E-state index in [4.69, 9.17) is 14.2 Å². The van der Waals surface area contributed by atoms with Gasteiger partial charge >= 0.3 is 17.9 Å². The summed E-state index contributed by atoms with van der Waals surface area (Å²) in [5, 5.41) is 0. The van der Waals surface area contributed by atoms with Crippen molar-refractivity contribution in [1.29, 1.82) is 0 Å². The Kier molecular flexibility index (Phi) is 70.0. The van der Waals surface area contributed by atoms with E-state index in [2.05, 4.69) is 32.9 Å². The predicted molar refractivity (Wildman–Crippen MR) is 358 cm³/mol. The third-order valence-corrected chi connectivity index (χ3v) is 17.5. The van der Waals surface area contributed by atoms with Crippen LogP contribution in [0.3, 0.4) is 0 Å². The third-order valence-electron chi connectivity index (χ3n) is 17.5. The maximum absolute atomic E-state index is 13.0. The standard InChI is InChI=1S/C76H146O6/c1-4-7-10-13-16-19-22-25-28-31-33-35-37-38-39-41-42-45-48-51-54-57-60-63-66-69-75(78)81-72-73(71-80-74(77)68-65-62-59-56-53-50-47-44-30-27-24-21-18-15-12-9-6-3)82-76(79)70-67-64-61-58-55-52-49-46-43-40-36-34-32-29-26-23-20-17-14-11-8-5-2/h27,30,73H,4-26,28-29,31-72H2,1-3H3/b30-27-. The van der Waals surface area contributed by atoms with Crippen molar-refractivity contribution in [3.05, 3.63) is 12.2 Å². The molecule has 1 atom stereocenters. The van der Waals surface area contributed by atoms with Gasteiger partial charge in [-0.2, -0.15) is 0 Å². The van der Waals surface area contributed by atoms with Gasteiger partial charge in [0.15, 0.2) is 6.10 Å². The topological polar surface area (TPSA) is 78.9 Å². The third kappa shape index (κ3) is 68.9. The summed E-state index contributed by atoms with van der Waals surface area (Å²) in [7, 11) is 0. The van der Waals surface area contributed by atoms with Crippen LogP contribution < -0.4 is 0 Å². The largest absolute Gasteiger partial charge is 0.462 e. The van der Waals surface area contributed by atoms with Crippen LogP contribution in [0, 0.1) is 0 Å². The molecule has 1 unspecified atom stereocenters. The zero-order chi connectivity index (χ0) is 59.2. The molecule has 82 heavy (non-hydrogen) atoms. The van der Waals surface area contributed by atoms with Crippen molar-refractivity contribution in [1.82, 2.24) is 0 Å². The van der Waals surface area contributed by atoms with Crippen LogP contribution in [0.1, 0.15) is 438 Å². The fraction of sp³-hybridized carbons (Fsp3) is 0.934. The summed E-state index contributed by atoms with van der Waals surface area (Å²) >= 11 is 0. The van der Waals surface area contributed by atoms with Gasteiger partial charge in [0.05, 0.1) is 0 Å². The SMILES string of the molecule is CCCCCCCC/C=C\CCCCCCCCCC(=O)OCC(COC(=O)CCCCCCCCCCCCCCCCCCCCCCCCCCC)OC(=O)CCCCCCCCCCCCCCCCCCCCCCCC. The molecule has 0 fully saturated rings. The molecule has 0 aliphatic heterocycles. The molecule has 0 rings (SSSR count). The summed E-state index contributed by atoms with van der Waals surface area (Å²) in [4.78, 5) is 38.5. The number of unbranched alkanes of at least 4 members (excludes halogenated alkanes) is 58. The second kappa shape index (κ2) is 71.6. The van der Waals surface area contributed by atoms with Gasteiger partial charge in [0.25, 0.3) is 0 Å². The van der Waals surface area contributed by atoms with Crippen molar-refractivity contribution in [3.8, 4) is 0 Å². The Hall–Kier alpha value is -1.85. The lowest BCUT2D eigenvalue weighted by Crippen LogP contribution is -2.30. The van der Waals surface area contributed by atoms with E-state index < -0.39 is 6.10 Å². The summed E-state index contributed by atoms with van der Waals surface area (Å²) in [6.07, 6.45) is 86.8. The molecule has 6 nitrogen and oxygen atoms in total. The number of carbonyl (C=O) groups is 3. The van der Waals surface area contributed by atoms with Gasteiger partial charge in [-0.3, -0.25) is 14.4 Å². The van der Waals surface area contributed by atoms with Gasteiger partial charge in [-0.1, -0.05) is 386 Å². The van der Waals surface area contributed by atoms with Gasteiger partial charge in [-0.15, -0.1) is 0 Å². The van der Waals surface area contributed by atoms with Crippen molar-refractivity contribution < 1.29 is 28.6 Å². The van der Waals surface area contributed by atoms with Gasteiger partial charge in [0.1, 0.15) is 13.2 Å². The Morgan fingerprint density at radius 1 is 0.232 bits per heavy atom. The van der Waals surface area contributed by atoms with E-state index in [0.29, 0.717) is 19.3 Å². The average Bonchev–Trinajstić information content (AvgIpc) is 3.47. The van der Waals surface area contributed by atoms with Gasteiger partial charge in [0, 0.05) is 19.3 Å². The molecule has 0 aliphatic rings. The van der Waals surface area contributed by atoms with Gasteiger partial charge in [-0.05, 0) is 44.9 Å².